The first kappa shape index (κ1) is 36.6. The van der Waals surface area contributed by atoms with E-state index in [1.807, 2.05) is 0 Å². The van der Waals surface area contributed by atoms with E-state index >= 15 is 0 Å². The van der Waals surface area contributed by atoms with Crippen LogP contribution in [0.2, 0.25) is 0 Å². The van der Waals surface area contributed by atoms with Gasteiger partial charge in [-0.05, 0) is 186 Å². The fourth-order valence-electron chi connectivity index (χ4n) is 13.1. The van der Waals surface area contributed by atoms with Crippen molar-refractivity contribution in [2.24, 2.45) is 0 Å². The third-order valence-corrected chi connectivity index (χ3v) is 16.3. The molecule has 0 bridgehead atoms. The van der Waals surface area contributed by atoms with E-state index in [4.69, 9.17) is 0 Å². The summed E-state index contributed by atoms with van der Waals surface area (Å²) in [6, 6.07) is 69.8. The molecule has 0 amide bonds. The summed E-state index contributed by atoms with van der Waals surface area (Å²) in [5.41, 5.74) is 24.2. The zero-order chi connectivity index (χ0) is 43.4. The summed E-state index contributed by atoms with van der Waals surface area (Å²) in [5, 5.41) is 10.9. The van der Waals surface area contributed by atoms with Crippen LogP contribution in [0.25, 0.3) is 110 Å². The van der Waals surface area contributed by atoms with Crippen molar-refractivity contribution in [3.63, 3.8) is 0 Å². The van der Waals surface area contributed by atoms with Crippen LogP contribution in [0.3, 0.4) is 0 Å². The van der Waals surface area contributed by atoms with E-state index in [1.165, 1.54) is 143 Å². The SMILES string of the molecule is CC1c2cc3c4cc(-c5ccc6c7c(cccc57)CC6)ccc4n(-c4ccccc4)c3cc2-c2ccc3c4cc(-c5ccc6c7c(cccc57)CC6)ccc4n(-c4ccccc4)c3c2C1C. The van der Waals surface area contributed by atoms with Gasteiger partial charge in [-0.15, -0.1) is 0 Å². The van der Waals surface area contributed by atoms with Gasteiger partial charge in [0, 0.05) is 32.9 Å². The number of nitrogens with zero attached hydrogens (tertiary/aromatic N) is 2. The van der Waals surface area contributed by atoms with Crippen LogP contribution in [0.4, 0.5) is 0 Å². The summed E-state index contributed by atoms with van der Waals surface area (Å²) in [6.45, 7) is 4.94. The summed E-state index contributed by atoms with van der Waals surface area (Å²) in [6.07, 6.45) is 4.55. The molecule has 0 spiro atoms. The molecular formula is C64H46N2. The first-order valence-electron chi connectivity index (χ1n) is 24.0. The van der Waals surface area contributed by atoms with E-state index in [0.717, 1.165) is 25.7 Å². The van der Waals surface area contributed by atoms with E-state index in [2.05, 4.69) is 205 Å². The fourth-order valence-corrected chi connectivity index (χ4v) is 13.1. The number of para-hydroxylation sites is 2. The zero-order valence-electron chi connectivity index (χ0n) is 37.2. The quantitative estimate of drug-likeness (QED) is 0.167. The van der Waals surface area contributed by atoms with Gasteiger partial charge in [-0.3, -0.25) is 0 Å². The van der Waals surface area contributed by atoms with Crippen molar-refractivity contribution >= 4 is 65.2 Å². The zero-order valence-corrected chi connectivity index (χ0v) is 37.2. The summed E-state index contributed by atoms with van der Waals surface area (Å²) < 4.78 is 5.07. The molecule has 3 aliphatic rings. The van der Waals surface area contributed by atoms with E-state index in [1.54, 1.807) is 0 Å². The Balaban J connectivity index is 0.981. The third-order valence-electron chi connectivity index (χ3n) is 16.3. The van der Waals surface area contributed by atoms with E-state index in [-0.39, 0.29) is 5.92 Å². The van der Waals surface area contributed by atoms with Crippen molar-refractivity contribution in [3.8, 4) is 44.8 Å². The van der Waals surface area contributed by atoms with Gasteiger partial charge in [0.2, 0.25) is 0 Å². The molecule has 3 aliphatic carbocycles. The highest BCUT2D eigenvalue weighted by Gasteiger charge is 2.33. The Morgan fingerprint density at radius 1 is 0.348 bits per heavy atom. The van der Waals surface area contributed by atoms with Crippen molar-refractivity contribution in [3.05, 3.63) is 215 Å². The predicted molar refractivity (Wildman–Crippen MR) is 278 cm³/mol. The number of aryl methyl sites for hydroxylation is 4. The van der Waals surface area contributed by atoms with Gasteiger partial charge in [0.05, 0.1) is 22.1 Å². The van der Waals surface area contributed by atoms with Crippen LogP contribution >= 0.6 is 0 Å². The monoisotopic (exact) mass is 842 g/mol. The van der Waals surface area contributed by atoms with Crippen molar-refractivity contribution < 1.29 is 0 Å². The minimum Gasteiger partial charge on any atom is -0.309 e. The third kappa shape index (κ3) is 4.91. The van der Waals surface area contributed by atoms with Crippen LogP contribution in [0.5, 0.6) is 0 Å². The van der Waals surface area contributed by atoms with Gasteiger partial charge in [-0.2, -0.15) is 0 Å². The van der Waals surface area contributed by atoms with Gasteiger partial charge in [0.25, 0.3) is 0 Å². The molecule has 2 atom stereocenters. The second-order valence-corrected chi connectivity index (χ2v) is 19.5. The lowest BCUT2D eigenvalue weighted by Gasteiger charge is -2.33. The Hall–Kier alpha value is -7.68. The van der Waals surface area contributed by atoms with E-state index in [9.17, 15) is 0 Å². The maximum atomic E-state index is 2.57. The molecule has 2 unspecified atom stereocenters. The molecule has 10 aromatic carbocycles. The Morgan fingerprint density at radius 3 is 1.47 bits per heavy atom. The first-order valence-corrected chi connectivity index (χ1v) is 24.0. The number of benzene rings is 10. The Kier molecular flexibility index (Phi) is 7.46. The molecule has 0 radical (unpaired) electrons. The molecule has 0 saturated heterocycles. The van der Waals surface area contributed by atoms with Gasteiger partial charge in [-0.1, -0.05) is 135 Å². The lowest BCUT2D eigenvalue weighted by molar-refractivity contribution is 0.619. The van der Waals surface area contributed by atoms with Crippen LogP contribution in [0.15, 0.2) is 182 Å². The van der Waals surface area contributed by atoms with Gasteiger partial charge in [-0.25, -0.2) is 0 Å². The molecule has 2 aromatic heterocycles. The highest BCUT2D eigenvalue weighted by molar-refractivity contribution is 6.16. The first-order chi connectivity index (χ1) is 32.6. The average Bonchev–Trinajstić information content (AvgIpc) is 4.15. The Bertz CT molecular complexity index is 3940. The normalized spacial score (nSPS) is 16.1. The van der Waals surface area contributed by atoms with Crippen molar-refractivity contribution in [2.75, 3.05) is 0 Å². The van der Waals surface area contributed by atoms with E-state index < -0.39 is 0 Å². The summed E-state index contributed by atoms with van der Waals surface area (Å²) in [4.78, 5) is 0. The number of aromatic nitrogens is 2. The molecule has 0 fully saturated rings. The number of hydrogen-bond donors (Lipinski definition) is 0. The lowest BCUT2D eigenvalue weighted by Crippen LogP contribution is -2.15. The molecule has 0 aliphatic heterocycles. The second kappa shape index (κ2) is 13.4. The molecular weight excluding hydrogens is 797 g/mol. The van der Waals surface area contributed by atoms with Crippen LogP contribution in [0, 0.1) is 0 Å². The summed E-state index contributed by atoms with van der Waals surface area (Å²) in [7, 11) is 0. The molecule has 2 heteroatoms. The average molecular weight is 843 g/mol. The minimum absolute atomic E-state index is 0.281. The molecule has 2 nitrogen and oxygen atoms in total. The van der Waals surface area contributed by atoms with Crippen LogP contribution in [0.1, 0.15) is 59.1 Å². The van der Waals surface area contributed by atoms with Crippen LogP contribution < -0.4 is 0 Å². The topological polar surface area (TPSA) is 9.86 Å². The maximum absolute atomic E-state index is 2.57. The fraction of sp³-hybridized carbons (Fsp3) is 0.125. The van der Waals surface area contributed by atoms with Gasteiger partial charge >= 0.3 is 0 Å². The van der Waals surface area contributed by atoms with E-state index in [0.29, 0.717) is 5.92 Å². The van der Waals surface area contributed by atoms with Crippen molar-refractivity contribution in [2.45, 2.75) is 51.4 Å². The molecule has 2 heterocycles. The standard InChI is InChI=1S/C64H46N2/c1-37-38(2)61-51(29-30-52-55-33-43(26-32-59(55)66(64(52)61)46-15-7-4-8-16-46)47-27-23-41-21-19-39-11-9-17-49(47)62(39)41)54-36-60-57(35-53(37)54)56-34-44(25-31-58(56)65(60)45-13-5-3-6-14-45)48-28-24-42-22-20-40-12-10-18-50(48)63(40)42/h3-18,23-38H,19-22H2,1-2H3. The maximum Gasteiger partial charge on any atom is 0.0582 e. The smallest absolute Gasteiger partial charge is 0.0582 e. The number of hydrogen-bond acceptors (Lipinski definition) is 0. The number of rotatable bonds is 4. The van der Waals surface area contributed by atoms with Crippen LogP contribution in [-0.2, 0) is 25.7 Å². The minimum atomic E-state index is 0.281. The molecule has 15 rings (SSSR count). The highest BCUT2D eigenvalue weighted by Crippen LogP contribution is 2.53. The molecule has 312 valence electrons. The second-order valence-electron chi connectivity index (χ2n) is 19.5. The molecule has 66 heavy (non-hydrogen) atoms. The number of fused-ring (bicyclic) bond motifs is 10. The highest BCUT2D eigenvalue weighted by atomic mass is 15.0. The Morgan fingerprint density at radius 2 is 0.864 bits per heavy atom. The van der Waals surface area contributed by atoms with Gasteiger partial charge in [0.1, 0.15) is 0 Å². The molecule has 0 N–H and O–H groups in total. The van der Waals surface area contributed by atoms with Gasteiger partial charge in [0.15, 0.2) is 0 Å². The Labute approximate surface area is 384 Å². The summed E-state index contributed by atoms with van der Waals surface area (Å²) in [5.74, 6) is 0.576. The lowest BCUT2D eigenvalue weighted by atomic mass is 9.72. The van der Waals surface area contributed by atoms with Crippen LogP contribution in [-0.4, -0.2) is 9.13 Å². The van der Waals surface area contributed by atoms with Gasteiger partial charge < -0.3 is 9.13 Å². The predicted octanol–water partition coefficient (Wildman–Crippen LogP) is 16.6. The van der Waals surface area contributed by atoms with Crippen molar-refractivity contribution in [1.29, 1.82) is 0 Å². The molecule has 0 saturated carbocycles. The molecule has 12 aromatic rings. The van der Waals surface area contributed by atoms with Crippen molar-refractivity contribution in [1.82, 2.24) is 9.13 Å². The summed E-state index contributed by atoms with van der Waals surface area (Å²) >= 11 is 0. The largest absolute Gasteiger partial charge is 0.309 e.